The fourth-order valence-corrected chi connectivity index (χ4v) is 2.25. The summed E-state index contributed by atoms with van der Waals surface area (Å²) in [4.78, 5) is 0. The molecule has 0 fully saturated rings. The first-order chi connectivity index (χ1) is 10.2. The van der Waals surface area contributed by atoms with Gasteiger partial charge in [-0.15, -0.1) is 5.10 Å². The average Bonchev–Trinajstić information content (AvgIpc) is 2.92. The van der Waals surface area contributed by atoms with E-state index in [0.717, 1.165) is 5.56 Å². The first kappa shape index (κ1) is 16.2. The van der Waals surface area contributed by atoms with Crippen molar-refractivity contribution in [1.82, 2.24) is 15.0 Å². The van der Waals surface area contributed by atoms with E-state index in [1.54, 1.807) is 16.9 Å². The highest BCUT2D eigenvalue weighted by Crippen LogP contribution is 2.26. The van der Waals surface area contributed by atoms with Crippen LogP contribution in [-0.2, 0) is 16.0 Å². The van der Waals surface area contributed by atoms with Crippen LogP contribution in [0, 0.1) is 0 Å². The minimum atomic E-state index is -0.497. The van der Waals surface area contributed by atoms with Crippen molar-refractivity contribution >= 4 is 23.2 Å². The summed E-state index contributed by atoms with van der Waals surface area (Å²) in [6.45, 7) is 5.37. The first-order valence-electron chi connectivity index (χ1n) is 6.71. The lowest BCUT2D eigenvalue weighted by molar-refractivity contribution is -0.142. The van der Waals surface area contributed by atoms with Crippen LogP contribution in [0.25, 0.3) is 0 Å². The van der Waals surface area contributed by atoms with E-state index in [9.17, 15) is 0 Å². The fraction of sp³-hybridized carbons (Fsp3) is 0.429. The maximum Gasteiger partial charge on any atom is 0.204 e. The van der Waals surface area contributed by atoms with Crippen molar-refractivity contribution < 1.29 is 9.47 Å². The molecule has 0 bridgehead atoms. The van der Waals surface area contributed by atoms with Crippen LogP contribution >= 0.6 is 23.2 Å². The molecule has 0 saturated carbocycles. The summed E-state index contributed by atoms with van der Waals surface area (Å²) in [5.41, 5.74) is 1.52. The number of halogens is 2. The van der Waals surface area contributed by atoms with Crippen LogP contribution in [0.4, 0.5) is 0 Å². The van der Waals surface area contributed by atoms with E-state index in [1.165, 1.54) is 0 Å². The van der Waals surface area contributed by atoms with E-state index >= 15 is 0 Å². The van der Waals surface area contributed by atoms with Crippen LogP contribution in [0.15, 0.2) is 24.4 Å². The molecule has 21 heavy (non-hydrogen) atoms. The van der Waals surface area contributed by atoms with Gasteiger partial charge in [0.05, 0.1) is 22.8 Å². The molecule has 0 spiro atoms. The van der Waals surface area contributed by atoms with Crippen LogP contribution in [0.1, 0.15) is 31.4 Å². The van der Waals surface area contributed by atoms with Crippen molar-refractivity contribution in [3.63, 3.8) is 0 Å². The van der Waals surface area contributed by atoms with Gasteiger partial charge in [0.1, 0.15) is 5.69 Å². The molecule has 0 aliphatic heterocycles. The normalized spacial score (nSPS) is 11.3. The predicted octanol–water partition coefficient (Wildman–Crippen LogP) is 3.70. The zero-order chi connectivity index (χ0) is 15.2. The van der Waals surface area contributed by atoms with Crippen molar-refractivity contribution in [2.75, 3.05) is 13.2 Å². The molecule has 5 nitrogen and oxygen atoms in total. The molecule has 1 aromatic carbocycles. The Labute approximate surface area is 133 Å². The summed E-state index contributed by atoms with van der Waals surface area (Å²) in [7, 11) is 0. The van der Waals surface area contributed by atoms with Gasteiger partial charge in [-0.2, -0.15) is 0 Å². The van der Waals surface area contributed by atoms with E-state index < -0.39 is 6.29 Å². The van der Waals surface area contributed by atoms with Gasteiger partial charge in [-0.1, -0.05) is 40.5 Å². The lowest BCUT2D eigenvalue weighted by atomic mass is 10.2. The molecular weight excluding hydrogens is 313 g/mol. The van der Waals surface area contributed by atoms with Crippen molar-refractivity contribution in [3.05, 3.63) is 45.7 Å². The largest absolute Gasteiger partial charge is 0.347 e. The number of rotatable bonds is 7. The quantitative estimate of drug-likeness (QED) is 0.726. The van der Waals surface area contributed by atoms with E-state index in [2.05, 4.69) is 10.3 Å². The molecule has 0 saturated heterocycles. The van der Waals surface area contributed by atoms with Crippen molar-refractivity contribution in [2.24, 2.45) is 0 Å². The summed E-state index contributed by atoms with van der Waals surface area (Å²) in [6, 6.07) is 5.50. The third kappa shape index (κ3) is 4.17. The predicted molar refractivity (Wildman–Crippen MR) is 81.6 cm³/mol. The standard InChI is InChI=1S/C14H17Cl2N3O2/c1-3-20-14(21-4-2)12-9-19(18-17-12)8-10-6-5-7-11(15)13(10)16/h5-7,9,14H,3-4,8H2,1-2H3. The van der Waals surface area contributed by atoms with Crippen LogP contribution in [-0.4, -0.2) is 28.2 Å². The second kappa shape index (κ2) is 7.75. The number of nitrogens with zero attached hydrogens (tertiary/aromatic N) is 3. The van der Waals surface area contributed by atoms with Gasteiger partial charge >= 0.3 is 0 Å². The third-order valence-corrected chi connectivity index (χ3v) is 3.66. The maximum absolute atomic E-state index is 6.17. The molecule has 0 aliphatic rings. The highest BCUT2D eigenvalue weighted by Gasteiger charge is 2.16. The highest BCUT2D eigenvalue weighted by atomic mass is 35.5. The molecule has 1 aromatic heterocycles. The topological polar surface area (TPSA) is 49.2 Å². The number of aromatic nitrogens is 3. The smallest absolute Gasteiger partial charge is 0.204 e. The third-order valence-electron chi connectivity index (χ3n) is 2.80. The fourth-order valence-electron chi connectivity index (χ4n) is 1.87. The zero-order valence-corrected chi connectivity index (χ0v) is 13.4. The lowest BCUT2D eigenvalue weighted by Gasteiger charge is -2.13. The average molecular weight is 330 g/mol. The van der Waals surface area contributed by atoms with Crippen LogP contribution < -0.4 is 0 Å². The Hall–Kier alpha value is -1.14. The van der Waals surface area contributed by atoms with Gasteiger partial charge in [0.25, 0.3) is 0 Å². The summed E-state index contributed by atoms with van der Waals surface area (Å²) >= 11 is 12.2. The Morgan fingerprint density at radius 1 is 1.19 bits per heavy atom. The minimum absolute atomic E-state index is 0.483. The minimum Gasteiger partial charge on any atom is -0.347 e. The van der Waals surface area contributed by atoms with E-state index in [1.807, 2.05) is 26.0 Å². The number of hydrogen-bond donors (Lipinski definition) is 0. The Bertz CT molecular complexity index is 583. The van der Waals surface area contributed by atoms with Gasteiger partial charge in [0.15, 0.2) is 0 Å². The Morgan fingerprint density at radius 2 is 1.90 bits per heavy atom. The molecule has 1 heterocycles. The van der Waals surface area contributed by atoms with Crippen molar-refractivity contribution in [2.45, 2.75) is 26.7 Å². The van der Waals surface area contributed by atoms with Gasteiger partial charge in [0.2, 0.25) is 6.29 Å². The van der Waals surface area contributed by atoms with Crippen LogP contribution in [0.2, 0.25) is 10.0 Å². The second-order valence-electron chi connectivity index (χ2n) is 4.30. The van der Waals surface area contributed by atoms with Gasteiger partial charge in [-0.05, 0) is 25.5 Å². The highest BCUT2D eigenvalue weighted by molar-refractivity contribution is 6.42. The Kier molecular flexibility index (Phi) is 5.99. The SMILES string of the molecule is CCOC(OCC)c1cn(Cc2cccc(Cl)c2Cl)nn1. The molecule has 114 valence electrons. The molecule has 0 atom stereocenters. The van der Waals surface area contributed by atoms with Crippen LogP contribution in [0.3, 0.4) is 0 Å². The molecule has 2 rings (SSSR count). The summed E-state index contributed by atoms with van der Waals surface area (Å²) in [5, 5.41) is 9.22. The Morgan fingerprint density at radius 3 is 2.57 bits per heavy atom. The Balaban J connectivity index is 2.14. The monoisotopic (exact) mass is 329 g/mol. The van der Waals surface area contributed by atoms with Gasteiger partial charge in [-0.25, -0.2) is 4.68 Å². The molecule has 7 heteroatoms. The lowest BCUT2D eigenvalue weighted by Crippen LogP contribution is -2.09. The summed E-state index contributed by atoms with van der Waals surface area (Å²) in [6.07, 6.45) is 1.29. The van der Waals surface area contributed by atoms with E-state index in [-0.39, 0.29) is 0 Å². The van der Waals surface area contributed by atoms with Gasteiger partial charge < -0.3 is 9.47 Å². The molecule has 0 amide bonds. The zero-order valence-electron chi connectivity index (χ0n) is 11.9. The summed E-state index contributed by atoms with van der Waals surface area (Å²) in [5.74, 6) is 0. The molecule has 0 unspecified atom stereocenters. The molecular formula is C14H17Cl2N3O2. The van der Waals surface area contributed by atoms with Crippen molar-refractivity contribution in [1.29, 1.82) is 0 Å². The molecule has 0 aliphatic carbocycles. The number of ether oxygens (including phenoxy) is 2. The second-order valence-corrected chi connectivity index (χ2v) is 5.08. The number of benzene rings is 1. The maximum atomic E-state index is 6.17. The molecule has 2 aromatic rings. The molecule has 0 radical (unpaired) electrons. The van der Waals surface area contributed by atoms with Crippen molar-refractivity contribution in [3.8, 4) is 0 Å². The van der Waals surface area contributed by atoms with Gasteiger partial charge in [0, 0.05) is 13.2 Å². The van der Waals surface area contributed by atoms with Gasteiger partial charge in [-0.3, -0.25) is 0 Å². The summed E-state index contributed by atoms with van der Waals surface area (Å²) < 4.78 is 12.7. The first-order valence-corrected chi connectivity index (χ1v) is 7.47. The van der Waals surface area contributed by atoms with Crippen LogP contribution in [0.5, 0.6) is 0 Å². The van der Waals surface area contributed by atoms with E-state index in [0.29, 0.717) is 35.5 Å². The number of hydrogen-bond acceptors (Lipinski definition) is 4. The van der Waals surface area contributed by atoms with E-state index in [4.69, 9.17) is 32.7 Å². The molecule has 0 N–H and O–H groups in total.